The first-order valence-corrected chi connectivity index (χ1v) is 17.3. The second-order valence-electron chi connectivity index (χ2n) is 13.1. The third-order valence-corrected chi connectivity index (χ3v) is 8.89. The highest BCUT2D eigenvalue weighted by Gasteiger charge is 2.51. The van der Waals surface area contributed by atoms with Crippen molar-refractivity contribution in [3.05, 3.63) is 65.5 Å². The van der Waals surface area contributed by atoms with Crippen LogP contribution in [0.1, 0.15) is 47.4 Å². The summed E-state index contributed by atoms with van der Waals surface area (Å²) in [5.74, 6) is -13.0. The van der Waals surface area contributed by atoms with E-state index in [1.807, 2.05) is 30.3 Å². The van der Waals surface area contributed by atoms with Crippen molar-refractivity contribution in [3.63, 3.8) is 0 Å². The predicted molar refractivity (Wildman–Crippen MR) is 179 cm³/mol. The lowest BCUT2D eigenvalue weighted by Crippen LogP contribution is -2.58. The second kappa shape index (κ2) is 17.3. The number of alkyl halides is 9. The van der Waals surface area contributed by atoms with Gasteiger partial charge in [0, 0.05) is 43.3 Å². The fraction of sp³-hybridized carbons (Fsp3) is 0.441. The molecule has 1 amide bonds. The van der Waals surface area contributed by atoms with Crippen LogP contribution in [0.3, 0.4) is 0 Å². The molecular weight excluding hydrogens is 803 g/mol. The van der Waals surface area contributed by atoms with Gasteiger partial charge >= 0.3 is 42.4 Å². The van der Waals surface area contributed by atoms with E-state index in [1.54, 1.807) is 25.1 Å². The number of guanidine groups is 1. The van der Waals surface area contributed by atoms with Crippen LogP contribution < -0.4 is 5.32 Å². The van der Waals surface area contributed by atoms with Crippen LogP contribution in [0.2, 0.25) is 0 Å². The number of aromatic nitrogens is 2. The molecule has 1 aliphatic carbocycles. The molecule has 5 rings (SSSR count). The molecule has 1 aromatic heterocycles. The lowest BCUT2D eigenvalue weighted by molar-refractivity contribution is -0.326. The van der Waals surface area contributed by atoms with E-state index in [-0.39, 0.29) is 48.2 Å². The van der Waals surface area contributed by atoms with Gasteiger partial charge in [-0.05, 0) is 37.5 Å². The molecule has 15 nitrogen and oxygen atoms in total. The van der Waals surface area contributed by atoms with Crippen molar-refractivity contribution < 1.29 is 73.2 Å². The van der Waals surface area contributed by atoms with Crippen LogP contribution in [0.15, 0.2) is 48.5 Å². The summed E-state index contributed by atoms with van der Waals surface area (Å²) in [5.41, 5.74) is 1.95. The van der Waals surface area contributed by atoms with Gasteiger partial charge in [-0.2, -0.15) is 44.6 Å². The lowest BCUT2D eigenvalue weighted by atomic mass is 9.90. The van der Waals surface area contributed by atoms with Gasteiger partial charge in [0.25, 0.3) is 5.91 Å². The second-order valence-corrected chi connectivity index (χ2v) is 13.1. The first-order chi connectivity index (χ1) is 27.1. The Morgan fingerprint density at radius 1 is 0.793 bits per heavy atom. The Morgan fingerprint density at radius 2 is 1.36 bits per heavy atom. The van der Waals surface area contributed by atoms with Crippen molar-refractivity contribution in [2.24, 2.45) is 0 Å². The largest absolute Gasteiger partial charge is 0.493 e. The summed E-state index contributed by atoms with van der Waals surface area (Å²) in [5, 5.41) is 9.67. The molecule has 0 radical (unpaired) electrons. The number of carbonyl (C=O) groups excluding carboxylic acids is 4. The molecule has 24 heteroatoms. The number of amides is 1. The Kier molecular flexibility index (Phi) is 12.9. The van der Waals surface area contributed by atoms with Crippen molar-refractivity contribution >= 4 is 46.5 Å². The summed E-state index contributed by atoms with van der Waals surface area (Å²) in [6.45, 7) is 3.95. The van der Waals surface area contributed by atoms with Gasteiger partial charge in [-0.3, -0.25) is 24.8 Å². The molecule has 1 saturated carbocycles. The van der Waals surface area contributed by atoms with Crippen LogP contribution in [-0.2, 0) is 35.4 Å². The molecular formula is C34H33F9N8O7. The summed E-state index contributed by atoms with van der Waals surface area (Å²) in [7, 11) is 0. The minimum Gasteiger partial charge on any atom is -0.364 e. The number of hydroxylamine groups is 4. The summed E-state index contributed by atoms with van der Waals surface area (Å²) in [6.07, 6.45) is -17.9. The highest BCUT2D eigenvalue weighted by molar-refractivity contribution is 5.97. The Hall–Kier alpha value is -5.94. The zero-order valence-corrected chi connectivity index (χ0v) is 30.1. The molecule has 3 aromatic rings. The topological polar surface area (TPSA) is 171 Å². The number of rotatable bonds is 6. The van der Waals surface area contributed by atoms with Gasteiger partial charge < -0.3 is 15.1 Å². The lowest BCUT2D eigenvalue weighted by Gasteiger charge is -2.40. The van der Waals surface area contributed by atoms with E-state index < -0.39 is 70.7 Å². The summed E-state index contributed by atoms with van der Waals surface area (Å²) < 4.78 is 119. The average Bonchev–Trinajstić information content (AvgIpc) is 3.16. The van der Waals surface area contributed by atoms with Crippen molar-refractivity contribution in [1.29, 1.82) is 5.41 Å². The number of halogens is 9. The van der Waals surface area contributed by atoms with E-state index in [0.717, 1.165) is 5.56 Å². The highest BCUT2D eigenvalue weighted by Crippen LogP contribution is 2.32. The molecule has 0 bridgehead atoms. The van der Waals surface area contributed by atoms with E-state index in [2.05, 4.69) is 34.7 Å². The Labute approximate surface area is 322 Å². The molecule has 2 N–H and O–H groups in total. The molecule has 314 valence electrons. The number of nitrogens with zero attached hydrogens (tertiary/aromatic N) is 6. The van der Waals surface area contributed by atoms with Gasteiger partial charge in [-0.25, -0.2) is 24.4 Å². The van der Waals surface area contributed by atoms with Gasteiger partial charge in [0.05, 0.1) is 17.6 Å². The van der Waals surface area contributed by atoms with Crippen molar-refractivity contribution in [3.8, 4) is 0 Å². The number of aryl methyl sites for hydroxylation is 1. The first-order valence-electron chi connectivity index (χ1n) is 17.3. The van der Waals surface area contributed by atoms with Crippen LogP contribution in [0.5, 0.6) is 0 Å². The van der Waals surface area contributed by atoms with Crippen molar-refractivity contribution in [2.45, 2.75) is 69.8 Å². The zero-order chi connectivity index (χ0) is 42.6. The number of benzene rings is 2. The highest BCUT2D eigenvalue weighted by atomic mass is 19.4. The third kappa shape index (κ3) is 10.7. The summed E-state index contributed by atoms with van der Waals surface area (Å²) in [6, 6.07) is 11.3. The minimum atomic E-state index is -6.00. The number of hydrogen-bond acceptors (Lipinski definition) is 12. The van der Waals surface area contributed by atoms with Crippen LogP contribution >= 0.6 is 0 Å². The third-order valence-electron chi connectivity index (χ3n) is 8.89. The van der Waals surface area contributed by atoms with Crippen LogP contribution in [0, 0.1) is 12.3 Å². The number of hydrogen-bond donors (Lipinski definition) is 2. The summed E-state index contributed by atoms with van der Waals surface area (Å²) in [4.78, 5) is 73.2. The number of carbonyl (C=O) groups is 4. The van der Waals surface area contributed by atoms with E-state index in [4.69, 9.17) is 5.41 Å². The fourth-order valence-corrected chi connectivity index (χ4v) is 6.12. The maximum Gasteiger partial charge on any atom is 0.493 e. The maximum atomic E-state index is 13.8. The van der Waals surface area contributed by atoms with E-state index in [0.29, 0.717) is 38.3 Å². The molecule has 1 saturated heterocycles. The van der Waals surface area contributed by atoms with E-state index >= 15 is 0 Å². The number of anilines is 1. The Morgan fingerprint density at radius 3 is 1.95 bits per heavy atom. The Balaban J connectivity index is 1.47. The normalized spacial score (nSPS) is 17.9. The maximum absolute atomic E-state index is 13.8. The molecule has 2 aliphatic rings. The monoisotopic (exact) mass is 836 g/mol. The van der Waals surface area contributed by atoms with Crippen molar-refractivity contribution in [1.82, 2.24) is 30.1 Å². The van der Waals surface area contributed by atoms with Crippen LogP contribution in [0.25, 0.3) is 10.9 Å². The predicted octanol–water partition coefficient (Wildman–Crippen LogP) is 5.22. The molecule has 2 fully saturated rings. The summed E-state index contributed by atoms with van der Waals surface area (Å²) >= 11 is 0. The molecule has 0 spiro atoms. The smallest absolute Gasteiger partial charge is 0.364 e. The molecule has 58 heavy (non-hydrogen) atoms. The standard InChI is InChI=1S/C34H33F9N8O7/c1-19-11-12-22-21(17-19)25(47-26(45-22)27(52)49-15-13-48(14-16-49)18-20-7-3-2-4-8-20)46-23-9-5-6-10-24(23)50(56-28(53)32(35,36)37)31(44)51(57-29(54)33(38,39)40)58-30(55)34(41,42)43/h2-4,7-8,11-12,17,23-24,44H,5-6,9-10,13-16,18H2,1H3,(H,45,46,47). The molecule has 2 heterocycles. The van der Waals surface area contributed by atoms with Crippen LogP contribution in [0.4, 0.5) is 45.3 Å². The molecule has 2 unspecified atom stereocenters. The van der Waals surface area contributed by atoms with Gasteiger partial charge in [0.15, 0.2) is 0 Å². The van der Waals surface area contributed by atoms with Gasteiger partial charge in [0.1, 0.15) is 5.82 Å². The van der Waals surface area contributed by atoms with Crippen molar-refractivity contribution in [2.75, 3.05) is 31.5 Å². The average molecular weight is 837 g/mol. The van der Waals surface area contributed by atoms with Gasteiger partial charge in [-0.15, -0.1) is 0 Å². The SMILES string of the molecule is Cc1ccc2nc(C(=O)N3CCN(Cc4ccccc4)CC3)nc(NC3CCCCC3N(OC(=O)C(F)(F)F)C(=N)N(OC(=O)C(F)(F)F)OC(=O)C(F)(F)F)c2c1. The quantitative estimate of drug-likeness (QED) is 0.144. The van der Waals surface area contributed by atoms with Gasteiger partial charge in [0.2, 0.25) is 5.82 Å². The number of piperazine rings is 1. The Bertz CT molecular complexity index is 1980. The van der Waals surface area contributed by atoms with E-state index in [9.17, 15) is 58.7 Å². The van der Waals surface area contributed by atoms with Gasteiger partial charge in [-0.1, -0.05) is 54.8 Å². The number of fused-ring (bicyclic) bond motifs is 1. The fourth-order valence-electron chi connectivity index (χ4n) is 6.12. The minimum absolute atomic E-state index is 0.0739. The van der Waals surface area contributed by atoms with Crippen LogP contribution in [-0.4, -0.2) is 117 Å². The van der Waals surface area contributed by atoms with E-state index in [1.165, 1.54) is 4.90 Å². The zero-order valence-electron chi connectivity index (χ0n) is 30.1. The molecule has 2 aromatic carbocycles. The molecule has 1 aliphatic heterocycles. The number of nitrogens with one attached hydrogen (secondary N) is 2. The molecule has 2 atom stereocenters. The first kappa shape index (κ1) is 43.2.